The van der Waals surface area contributed by atoms with Crippen molar-refractivity contribution in [3.63, 3.8) is 0 Å². The molecule has 1 saturated carbocycles. The van der Waals surface area contributed by atoms with E-state index in [9.17, 15) is 0 Å². The van der Waals surface area contributed by atoms with Gasteiger partial charge in [0.1, 0.15) is 0 Å². The van der Waals surface area contributed by atoms with Gasteiger partial charge in [0.2, 0.25) is 0 Å². The summed E-state index contributed by atoms with van der Waals surface area (Å²) in [6.45, 7) is 9.21. The van der Waals surface area contributed by atoms with Crippen molar-refractivity contribution in [2.75, 3.05) is 33.4 Å². The second-order valence-corrected chi connectivity index (χ2v) is 6.04. The van der Waals surface area contributed by atoms with E-state index in [2.05, 4.69) is 24.1 Å². The molecule has 1 heterocycles. The molecule has 2 aliphatic rings. The number of methoxy groups -OCH3 is 1. The first-order chi connectivity index (χ1) is 8.19. The van der Waals surface area contributed by atoms with E-state index in [1.807, 2.05) is 7.11 Å². The Labute approximate surface area is 106 Å². The number of rotatable bonds is 6. The molecule has 1 aliphatic carbocycles. The van der Waals surface area contributed by atoms with Gasteiger partial charge in [0, 0.05) is 45.4 Å². The van der Waals surface area contributed by atoms with Crippen molar-refractivity contribution in [1.29, 1.82) is 0 Å². The Kier molecular flexibility index (Phi) is 4.45. The fourth-order valence-electron chi connectivity index (χ4n) is 3.04. The zero-order valence-corrected chi connectivity index (χ0v) is 11.7. The van der Waals surface area contributed by atoms with Gasteiger partial charge in [0.05, 0.1) is 0 Å². The number of hydrogen-bond donors (Lipinski definition) is 1. The van der Waals surface area contributed by atoms with Gasteiger partial charge in [-0.15, -0.1) is 0 Å². The molecule has 3 heteroatoms. The number of piperazine rings is 1. The van der Waals surface area contributed by atoms with E-state index in [4.69, 9.17) is 4.74 Å². The molecule has 1 N–H and O–H groups in total. The Morgan fingerprint density at radius 2 is 2.18 bits per heavy atom. The lowest BCUT2D eigenvalue weighted by Crippen LogP contribution is -2.56. The van der Waals surface area contributed by atoms with Crippen LogP contribution in [0.4, 0.5) is 0 Å². The van der Waals surface area contributed by atoms with Crippen LogP contribution in [-0.4, -0.2) is 50.3 Å². The third kappa shape index (κ3) is 3.43. The smallest absolute Gasteiger partial charge is 0.0468 e. The SMILES string of the molecule is CCC1CNC(C)CN1CC1(CCOC)CC1. The molecule has 2 fully saturated rings. The predicted molar refractivity (Wildman–Crippen MR) is 71.3 cm³/mol. The molecule has 2 rings (SSSR count). The van der Waals surface area contributed by atoms with Gasteiger partial charge in [0.25, 0.3) is 0 Å². The number of nitrogens with zero attached hydrogens (tertiary/aromatic N) is 1. The average Bonchev–Trinajstić information content (AvgIpc) is 3.07. The zero-order chi connectivity index (χ0) is 12.3. The summed E-state index contributed by atoms with van der Waals surface area (Å²) < 4.78 is 5.25. The summed E-state index contributed by atoms with van der Waals surface area (Å²) in [6, 6.07) is 1.39. The van der Waals surface area contributed by atoms with E-state index in [1.165, 1.54) is 38.8 Å². The standard InChI is InChI=1S/C14H28N2O/c1-4-13-9-15-12(2)10-16(13)11-14(5-6-14)7-8-17-3/h12-13,15H,4-11H2,1-3H3. The highest BCUT2D eigenvalue weighted by molar-refractivity contribution is 4.98. The summed E-state index contributed by atoms with van der Waals surface area (Å²) in [5.41, 5.74) is 0.598. The maximum atomic E-state index is 5.25. The van der Waals surface area contributed by atoms with Crippen LogP contribution in [0.25, 0.3) is 0 Å². The minimum atomic E-state index is 0.598. The Hall–Kier alpha value is -0.120. The van der Waals surface area contributed by atoms with Gasteiger partial charge in [-0.1, -0.05) is 6.92 Å². The topological polar surface area (TPSA) is 24.5 Å². The number of nitrogens with one attached hydrogen (secondary N) is 1. The van der Waals surface area contributed by atoms with Crippen LogP contribution in [0.3, 0.4) is 0 Å². The van der Waals surface area contributed by atoms with Gasteiger partial charge in [0.15, 0.2) is 0 Å². The van der Waals surface area contributed by atoms with Crippen molar-refractivity contribution in [2.45, 2.75) is 51.6 Å². The highest BCUT2D eigenvalue weighted by atomic mass is 16.5. The molecular formula is C14H28N2O. The van der Waals surface area contributed by atoms with Crippen LogP contribution in [0, 0.1) is 5.41 Å². The lowest BCUT2D eigenvalue weighted by molar-refractivity contribution is 0.0896. The van der Waals surface area contributed by atoms with Gasteiger partial charge in [-0.2, -0.15) is 0 Å². The van der Waals surface area contributed by atoms with Gasteiger partial charge >= 0.3 is 0 Å². The van der Waals surface area contributed by atoms with Crippen molar-refractivity contribution >= 4 is 0 Å². The van der Waals surface area contributed by atoms with E-state index >= 15 is 0 Å². The minimum absolute atomic E-state index is 0.598. The molecule has 0 bridgehead atoms. The molecule has 100 valence electrons. The van der Waals surface area contributed by atoms with Crippen molar-refractivity contribution in [3.05, 3.63) is 0 Å². The van der Waals surface area contributed by atoms with Crippen LogP contribution in [0.1, 0.15) is 39.5 Å². The highest BCUT2D eigenvalue weighted by Gasteiger charge is 2.44. The quantitative estimate of drug-likeness (QED) is 0.767. The summed E-state index contributed by atoms with van der Waals surface area (Å²) in [7, 11) is 1.82. The maximum Gasteiger partial charge on any atom is 0.0468 e. The van der Waals surface area contributed by atoms with E-state index in [1.54, 1.807) is 0 Å². The fourth-order valence-corrected chi connectivity index (χ4v) is 3.04. The molecular weight excluding hydrogens is 212 g/mol. The van der Waals surface area contributed by atoms with Crippen molar-refractivity contribution in [3.8, 4) is 0 Å². The average molecular weight is 240 g/mol. The van der Waals surface area contributed by atoms with Crippen LogP contribution in [0.5, 0.6) is 0 Å². The summed E-state index contributed by atoms with van der Waals surface area (Å²) in [5.74, 6) is 0. The van der Waals surface area contributed by atoms with E-state index in [-0.39, 0.29) is 0 Å². The molecule has 2 unspecified atom stereocenters. The van der Waals surface area contributed by atoms with Gasteiger partial charge in [-0.05, 0) is 38.0 Å². The fraction of sp³-hybridized carbons (Fsp3) is 1.00. The van der Waals surface area contributed by atoms with Gasteiger partial charge in [-0.25, -0.2) is 0 Å². The molecule has 1 aliphatic heterocycles. The lowest BCUT2D eigenvalue weighted by Gasteiger charge is -2.41. The Balaban J connectivity index is 1.87. The first kappa shape index (κ1) is 13.3. The molecule has 0 radical (unpaired) electrons. The van der Waals surface area contributed by atoms with E-state index in [0.717, 1.165) is 19.2 Å². The molecule has 0 aromatic rings. The maximum absolute atomic E-state index is 5.25. The second-order valence-electron chi connectivity index (χ2n) is 6.04. The Morgan fingerprint density at radius 3 is 2.76 bits per heavy atom. The zero-order valence-electron chi connectivity index (χ0n) is 11.7. The van der Waals surface area contributed by atoms with Crippen LogP contribution >= 0.6 is 0 Å². The van der Waals surface area contributed by atoms with E-state index < -0.39 is 0 Å². The van der Waals surface area contributed by atoms with Crippen molar-refractivity contribution in [1.82, 2.24) is 10.2 Å². The number of hydrogen-bond acceptors (Lipinski definition) is 3. The number of ether oxygens (including phenoxy) is 1. The van der Waals surface area contributed by atoms with Gasteiger partial charge < -0.3 is 10.1 Å². The molecule has 17 heavy (non-hydrogen) atoms. The third-order valence-electron chi connectivity index (χ3n) is 4.53. The van der Waals surface area contributed by atoms with Crippen molar-refractivity contribution in [2.24, 2.45) is 5.41 Å². The molecule has 1 saturated heterocycles. The molecule has 3 nitrogen and oxygen atoms in total. The third-order valence-corrected chi connectivity index (χ3v) is 4.53. The normalized spacial score (nSPS) is 32.6. The monoisotopic (exact) mass is 240 g/mol. The van der Waals surface area contributed by atoms with Crippen LogP contribution in [0.2, 0.25) is 0 Å². The summed E-state index contributed by atoms with van der Waals surface area (Å²) in [5, 5.41) is 3.60. The molecule has 0 aromatic heterocycles. The van der Waals surface area contributed by atoms with Gasteiger partial charge in [-0.3, -0.25) is 4.90 Å². The molecule has 0 spiro atoms. The largest absolute Gasteiger partial charge is 0.385 e. The lowest BCUT2D eigenvalue weighted by atomic mass is 9.98. The summed E-state index contributed by atoms with van der Waals surface area (Å²) in [4.78, 5) is 2.73. The molecule has 0 amide bonds. The Morgan fingerprint density at radius 1 is 1.41 bits per heavy atom. The first-order valence-electron chi connectivity index (χ1n) is 7.15. The van der Waals surface area contributed by atoms with Crippen LogP contribution in [-0.2, 0) is 4.74 Å². The minimum Gasteiger partial charge on any atom is -0.385 e. The van der Waals surface area contributed by atoms with Crippen LogP contribution < -0.4 is 5.32 Å². The Bertz CT molecular complexity index is 240. The second kappa shape index (κ2) is 5.68. The summed E-state index contributed by atoms with van der Waals surface area (Å²) >= 11 is 0. The first-order valence-corrected chi connectivity index (χ1v) is 7.15. The summed E-state index contributed by atoms with van der Waals surface area (Å²) in [6.07, 6.45) is 5.33. The van der Waals surface area contributed by atoms with Crippen LogP contribution in [0.15, 0.2) is 0 Å². The van der Waals surface area contributed by atoms with Crippen molar-refractivity contribution < 1.29 is 4.74 Å². The van der Waals surface area contributed by atoms with E-state index in [0.29, 0.717) is 11.5 Å². The molecule has 2 atom stereocenters. The predicted octanol–water partition coefficient (Wildman–Crippen LogP) is 1.88. The molecule has 0 aromatic carbocycles. The highest BCUT2D eigenvalue weighted by Crippen LogP contribution is 2.49.